The third-order valence-corrected chi connectivity index (χ3v) is 3.38. The standard InChI is InChI=1S/C14H23ClN2O/c1-4-16-11(3)12-6-7-14(13(15)10-12)17(5-2)8-9-18/h6-7,10-11,16,18H,4-5,8-9H2,1-3H3. The highest BCUT2D eigenvalue weighted by Crippen LogP contribution is 2.28. The van der Waals surface area contributed by atoms with Crippen LogP contribution in [0.3, 0.4) is 0 Å². The lowest BCUT2D eigenvalue weighted by molar-refractivity contribution is 0.302. The van der Waals surface area contributed by atoms with Crippen molar-refractivity contribution in [1.29, 1.82) is 0 Å². The van der Waals surface area contributed by atoms with Crippen molar-refractivity contribution in [2.45, 2.75) is 26.8 Å². The van der Waals surface area contributed by atoms with Gasteiger partial charge in [0.1, 0.15) is 0 Å². The van der Waals surface area contributed by atoms with E-state index in [1.807, 2.05) is 12.1 Å². The smallest absolute Gasteiger partial charge is 0.0642 e. The minimum atomic E-state index is 0.139. The second-order valence-electron chi connectivity index (χ2n) is 4.29. The van der Waals surface area contributed by atoms with Crippen LogP contribution in [0.15, 0.2) is 18.2 Å². The first kappa shape index (κ1) is 15.3. The predicted molar refractivity (Wildman–Crippen MR) is 78.5 cm³/mol. The van der Waals surface area contributed by atoms with E-state index in [2.05, 4.69) is 37.1 Å². The third kappa shape index (κ3) is 3.87. The molecule has 1 unspecified atom stereocenters. The maximum absolute atomic E-state index is 9.04. The summed E-state index contributed by atoms with van der Waals surface area (Å²) in [6.45, 7) is 8.79. The van der Waals surface area contributed by atoms with Gasteiger partial charge in [-0.25, -0.2) is 0 Å². The number of hydrogen-bond donors (Lipinski definition) is 2. The number of rotatable bonds is 7. The third-order valence-electron chi connectivity index (χ3n) is 3.07. The molecular formula is C14H23ClN2O. The molecule has 0 amide bonds. The Balaban J connectivity index is 2.90. The van der Waals surface area contributed by atoms with Gasteiger partial charge in [0.25, 0.3) is 0 Å². The summed E-state index contributed by atoms with van der Waals surface area (Å²) in [4.78, 5) is 2.07. The SMILES string of the molecule is CCNC(C)c1ccc(N(CC)CCO)c(Cl)c1. The number of benzene rings is 1. The van der Waals surface area contributed by atoms with Gasteiger partial charge < -0.3 is 15.3 Å². The van der Waals surface area contributed by atoms with Crippen LogP contribution in [0, 0.1) is 0 Å². The van der Waals surface area contributed by atoms with Crippen molar-refractivity contribution < 1.29 is 5.11 Å². The minimum absolute atomic E-state index is 0.139. The molecule has 0 heterocycles. The molecule has 18 heavy (non-hydrogen) atoms. The van der Waals surface area contributed by atoms with Gasteiger partial charge in [-0.2, -0.15) is 0 Å². The Morgan fingerprint density at radius 2 is 2.11 bits per heavy atom. The number of nitrogens with one attached hydrogen (secondary N) is 1. The van der Waals surface area contributed by atoms with E-state index in [0.717, 1.165) is 23.8 Å². The maximum atomic E-state index is 9.04. The van der Waals surface area contributed by atoms with E-state index in [4.69, 9.17) is 16.7 Å². The Bertz CT molecular complexity index is 371. The highest BCUT2D eigenvalue weighted by atomic mass is 35.5. The summed E-state index contributed by atoms with van der Waals surface area (Å²) < 4.78 is 0. The number of aliphatic hydroxyl groups excluding tert-OH is 1. The van der Waals surface area contributed by atoms with Gasteiger partial charge in [-0.15, -0.1) is 0 Å². The van der Waals surface area contributed by atoms with Crippen molar-refractivity contribution in [3.8, 4) is 0 Å². The molecular weight excluding hydrogens is 248 g/mol. The lowest BCUT2D eigenvalue weighted by Gasteiger charge is -2.24. The molecule has 0 aromatic heterocycles. The Hall–Kier alpha value is -0.770. The molecule has 0 bridgehead atoms. The van der Waals surface area contributed by atoms with Crippen molar-refractivity contribution in [2.75, 3.05) is 31.1 Å². The van der Waals surface area contributed by atoms with Crippen LogP contribution in [-0.4, -0.2) is 31.3 Å². The first-order chi connectivity index (χ1) is 8.63. The second-order valence-corrected chi connectivity index (χ2v) is 4.70. The molecule has 0 aliphatic heterocycles. The van der Waals surface area contributed by atoms with Crippen molar-refractivity contribution in [3.63, 3.8) is 0 Å². The van der Waals surface area contributed by atoms with Crippen molar-refractivity contribution in [3.05, 3.63) is 28.8 Å². The van der Waals surface area contributed by atoms with Crippen molar-refractivity contribution in [1.82, 2.24) is 5.32 Å². The Morgan fingerprint density at radius 3 is 2.61 bits per heavy atom. The molecule has 0 fully saturated rings. The summed E-state index contributed by atoms with van der Waals surface area (Å²) in [5.74, 6) is 0. The molecule has 3 nitrogen and oxygen atoms in total. The Kier molecular flexibility index (Phi) is 6.47. The minimum Gasteiger partial charge on any atom is -0.395 e. The lowest BCUT2D eigenvalue weighted by atomic mass is 10.1. The van der Waals surface area contributed by atoms with Crippen LogP contribution >= 0.6 is 11.6 Å². The summed E-state index contributed by atoms with van der Waals surface area (Å²) >= 11 is 6.33. The zero-order valence-electron chi connectivity index (χ0n) is 11.4. The van der Waals surface area contributed by atoms with Crippen LogP contribution in [0.1, 0.15) is 32.4 Å². The van der Waals surface area contributed by atoms with Crippen LogP contribution in [-0.2, 0) is 0 Å². The zero-order valence-corrected chi connectivity index (χ0v) is 12.2. The fraction of sp³-hybridized carbons (Fsp3) is 0.571. The fourth-order valence-corrected chi connectivity index (χ4v) is 2.35. The van der Waals surface area contributed by atoms with E-state index >= 15 is 0 Å². The van der Waals surface area contributed by atoms with Crippen molar-refractivity contribution >= 4 is 17.3 Å². The highest BCUT2D eigenvalue weighted by Gasteiger charge is 2.11. The molecule has 0 saturated carbocycles. The summed E-state index contributed by atoms with van der Waals surface area (Å²) in [5, 5.41) is 13.1. The summed E-state index contributed by atoms with van der Waals surface area (Å²) in [6.07, 6.45) is 0. The highest BCUT2D eigenvalue weighted by molar-refractivity contribution is 6.33. The number of nitrogens with zero attached hydrogens (tertiary/aromatic N) is 1. The van der Waals surface area contributed by atoms with E-state index in [1.54, 1.807) is 0 Å². The van der Waals surface area contributed by atoms with Crippen LogP contribution in [0.4, 0.5) is 5.69 Å². The maximum Gasteiger partial charge on any atom is 0.0642 e. The van der Waals surface area contributed by atoms with E-state index in [1.165, 1.54) is 5.56 Å². The lowest BCUT2D eigenvalue weighted by Crippen LogP contribution is -2.26. The number of likely N-dealkylation sites (N-methyl/N-ethyl adjacent to an activating group) is 1. The number of anilines is 1. The molecule has 0 radical (unpaired) electrons. The summed E-state index contributed by atoms with van der Waals surface area (Å²) in [6, 6.07) is 6.43. The molecule has 1 aromatic carbocycles. The molecule has 0 saturated heterocycles. The number of halogens is 1. The van der Waals surface area contributed by atoms with Gasteiger partial charge in [-0.1, -0.05) is 24.6 Å². The Morgan fingerprint density at radius 1 is 1.39 bits per heavy atom. The molecule has 102 valence electrons. The molecule has 0 aliphatic rings. The quantitative estimate of drug-likeness (QED) is 0.800. The average Bonchev–Trinajstić information content (AvgIpc) is 2.36. The van der Waals surface area contributed by atoms with Gasteiger partial charge >= 0.3 is 0 Å². The number of aliphatic hydroxyl groups is 1. The van der Waals surface area contributed by atoms with E-state index in [9.17, 15) is 0 Å². The normalized spacial score (nSPS) is 12.5. The first-order valence-corrected chi connectivity index (χ1v) is 6.90. The summed E-state index contributed by atoms with van der Waals surface area (Å²) in [5.41, 5.74) is 2.17. The zero-order chi connectivity index (χ0) is 13.5. The molecule has 1 atom stereocenters. The van der Waals surface area contributed by atoms with E-state index < -0.39 is 0 Å². The molecule has 0 aliphatic carbocycles. The molecule has 4 heteroatoms. The second kappa shape index (κ2) is 7.62. The monoisotopic (exact) mass is 270 g/mol. The van der Waals surface area contributed by atoms with Gasteiger partial charge in [0.15, 0.2) is 0 Å². The van der Waals surface area contributed by atoms with Gasteiger partial charge in [-0.05, 0) is 38.1 Å². The number of hydrogen-bond acceptors (Lipinski definition) is 3. The van der Waals surface area contributed by atoms with Crippen LogP contribution in [0.5, 0.6) is 0 Å². The van der Waals surface area contributed by atoms with Gasteiger partial charge in [0.05, 0.1) is 17.3 Å². The van der Waals surface area contributed by atoms with Gasteiger partial charge in [0.2, 0.25) is 0 Å². The Labute approximate surface area is 115 Å². The van der Waals surface area contributed by atoms with Crippen LogP contribution < -0.4 is 10.2 Å². The summed E-state index contributed by atoms with van der Waals surface area (Å²) in [7, 11) is 0. The molecule has 2 N–H and O–H groups in total. The molecule has 0 spiro atoms. The van der Waals surface area contributed by atoms with Gasteiger partial charge in [0, 0.05) is 19.1 Å². The average molecular weight is 271 g/mol. The largest absolute Gasteiger partial charge is 0.395 e. The van der Waals surface area contributed by atoms with E-state index in [0.29, 0.717) is 12.6 Å². The van der Waals surface area contributed by atoms with Crippen molar-refractivity contribution in [2.24, 2.45) is 0 Å². The van der Waals surface area contributed by atoms with Crippen LogP contribution in [0.25, 0.3) is 0 Å². The van der Waals surface area contributed by atoms with Crippen LogP contribution in [0.2, 0.25) is 5.02 Å². The van der Waals surface area contributed by atoms with E-state index in [-0.39, 0.29) is 6.61 Å². The fourth-order valence-electron chi connectivity index (χ4n) is 2.04. The molecule has 1 aromatic rings. The first-order valence-electron chi connectivity index (χ1n) is 6.52. The predicted octanol–water partition coefficient (Wildman–Crippen LogP) is 2.83. The topological polar surface area (TPSA) is 35.5 Å². The van der Waals surface area contributed by atoms with Gasteiger partial charge in [-0.3, -0.25) is 0 Å². The molecule has 1 rings (SSSR count).